The van der Waals surface area contributed by atoms with E-state index in [-0.39, 0.29) is 0 Å². The summed E-state index contributed by atoms with van der Waals surface area (Å²) in [5.41, 5.74) is 0.713. The SMILES string of the molecule is CCC(C)[C@@]1(C)CC2CC1C1C3CCC(C3)C21. The zero-order valence-electron chi connectivity index (χ0n) is 11.8. The lowest BCUT2D eigenvalue weighted by atomic mass is 9.57. The fourth-order valence-corrected chi connectivity index (χ4v) is 6.99. The zero-order chi connectivity index (χ0) is 11.8. The molecule has 0 N–H and O–H groups in total. The molecule has 0 aliphatic heterocycles. The average Bonchev–Trinajstić information content (AvgIpc) is 3.03. The van der Waals surface area contributed by atoms with E-state index in [9.17, 15) is 0 Å². The van der Waals surface area contributed by atoms with Crippen molar-refractivity contribution in [2.75, 3.05) is 0 Å². The summed E-state index contributed by atoms with van der Waals surface area (Å²) in [5.74, 6) is 7.90. The molecule has 8 atom stereocenters. The Labute approximate surface area is 107 Å². The highest BCUT2D eigenvalue weighted by Crippen LogP contribution is 2.73. The molecule has 4 bridgehead atoms. The Morgan fingerprint density at radius 1 is 1.06 bits per heavy atom. The van der Waals surface area contributed by atoms with Gasteiger partial charge in [0.1, 0.15) is 0 Å². The largest absolute Gasteiger partial charge is 0.0651 e. The van der Waals surface area contributed by atoms with Gasteiger partial charge in [0, 0.05) is 0 Å². The van der Waals surface area contributed by atoms with Gasteiger partial charge in [-0.1, -0.05) is 27.2 Å². The third-order valence-electron chi connectivity index (χ3n) is 7.90. The second-order valence-electron chi connectivity index (χ2n) is 8.11. The topological polar surface area (TPSA) is 0 Å². The summed E-state index contributed by atoms with van der Waals surface area (Å²) in [7, 11) is 0. The fourth-order valence-electron chi connectivity index (χ4n) is 6.99. The average molecular weight is 232 g/mol. The van der Waals surface area contributed by atoms with E-state index >= 15 is 0 Å². The number of hydrogen-bond acceptors (Lipinski definition) is 0. The lowest BCUT2D eigenvalue weighted by Gasteiger charge is -2.47. The van der Waals surface area contributed by atoms with Gasteiger partial charge in [-0.2, -0.15) is 0 Å². The third kappa shape index (κ3) is 1.16. The Morgan fingerprint density at radius 3 is 2.47 bits per heavy atom. The van der Waals surface area contributed by atoms with Gasteiger partial charge in [0.05, 0.1) is 0 Å². The van der Waals surface area contributed by atoms with E-state index in [0.29, 0.717) is 5.41 Å². The van der Waals surface area contributed by atoms with Gasteiger partial charge in [-0.15, -0.1) is 0 Å². The van der Waals surface area contributed by atoms with Crippen LogP contribution in [0.15, 0.2) is 0 Å². The van der Waals surface area contributed by atoms with Gasteiger partial charge in [-0.05, 0) is 78.9 Å². The Bertz CT molecular complexity index is 333. The summed E-state index contributed by atoms with van der Waals surface area (Å²) in [6, 6.07) is 0. The van der Waals surface area contributed by atoms with Gasteiger partial charge in [-0.25, -0.2) is 0 Å². The molecule has 0 amide bonds. The first-order valence-corrected chi connectivity index (χ1v) is 8.15. The van der Waals surface area contributed by atoms with E-state index < -0.39 is 0 Å². The Morgan fingerprint density at radius 2 is 1.76 bits per heavy atom. The molecule has 0 spiro atoms. The minimum Gasteiger partial charge on any atom is -0.0651 e. The van der Waals surface area contributed by atoms with Crippen LogP contribution in [0.4, 0.5) is 0 Å². The van der Waals surface area contributed by atoms with Crippen LogP contribution in [0.3, 0.4) is 0 Å². The highest BCUT2D eigenvalue weighted by molar-refractivity contribution is 5.14. The Hall–Kier alpha value is 0. The van der Waals surface area contributed by atoms with E-state index in [1.807, 2.05) is 0 Å². The molecule has 7 unspecified atom stereocenters. The summed E-state index contributed by atoms with van der Waals surface area (Å²) >= 11 is 0. The first kappa shape index (κ1) is 10.9. The minimum atomic E-state index is 0.713. The predicted molar refractivity (Wildman–Crippen MR) is 71.6 cm³/mol. The lowest BCUT2D eigenvalue weighted by molar-refractivity contribution is 0.00785. The van der Waals surface area contributed by atoms with Gasteiger partial charge < -0.3 is 0 Å². The second-order valence-corrected chi connectivity index (χ2v) is 8.11. The maximum atomic E-state index is 2.65. The third-order valence-corrected chi connectivity index (χ3v) is 7.90. The summed E-state index contributed by atoms with van der Waals surface area (Å²) in [6.07, 6.45) is 9.39. The van der Waals surface area contributed by atoms with Crippen molar-refractivity contribution in [3.63, 3.8) is 0 Å². The summed E-state index contributed by atoms with van der Waals surface area (Å²) in [5, 5.41) is 0. The molecule has 0 saturated heterocycles. The van der Waals surface area contributed by atoms with E-state index in [0.717, 1.165) is 23.7 Å². The molecule has 0 heterocycles. The Balaban J connectivity index is 1.67. The van der Waals surface area contributed by atoms with E-state index in [1.165, 1.54) is 24.2 Å². The molecule has 4 saturated carbocycles. The van der Waals surface area contributed by atoms with Gasteiger partial charge >= 0.3 is 0 Å². The highest BCUT2D eigenvalue weighted by Gasteiger charge is 2.65. The van der Waals surface area contributed by atoms with Crippen molar-refractivity contribution in [3.05, 3.63) is 0 Å². The summed E-state index contributed by atoms with van der Waals surface area (Å²) < 4.78 is 0. The number of rotatable bonds is 2. The van der Waals surface area contributed by atoms with E-state index in [1.54, 1.807) is 32.1 Å². The van der Waals surface area contributed by atoms with Crippen LogP contribution in [0.5, 0.6) is 0 Å². The second kappa shape index (κ2) is 3.31. The van der Waals surface area contributed by atoms with Crippen molar-refractivity contribution in [2.45, 2.75) is 59.3 Å². The zero-order valence-corrected chi connectivity index (χ0v) is 11.8. The Kier molecular flexibility index (Phi) is 2.12. The number of fused-ring (bicyclic) bond motifs is 9. The van der Waals surface area contributed by atoms with Crippen LogP contribution in [-0.4, -0.2) is 0 Å². The molecule has 17 heavy (non-hydrogen) atoms. The molecule has 0 heteroatoms. The van der Waals surface area contributed by atoms with Gasteiger partial charge in [0.25, 0.3) is 0 Å². The van der Waals surface area contributed by atoms with E-state index in [2.05, 4.69) is 20.8 Å². The quantitative estimate of drug-likeness (QED) is 0.603. The van der Waals surface area contributed by atoms with Crippen LogP contribution in [0, 0.1) is 46.8 Å². The molecule has 0 radical (unpaired) electrons. The van der Waals surface area contributed by atoms with Crippen LogP contribution >= 0.6 is 0 Å². The minimum absolute atomic E-state index is 0.713. The molecule has 4 rings (SSSR count). The number of hydrogen-bond donors (Lipinski definition) is 0. The van der Waals surface area contributed by atoms with Gasteiger partial charge in [-0.3, -0.25) is 0 Å². The fraction of sp³-hybridized carbons (Fsp3) is 1.00. The van der Waals surface area contributed by atoms with Crippen molar-refractivity contribution in [1.82, 2.24) is 0 Å². The molecular weight excluding hydrogens is 204 g/mol. The summed E-state index contributed by atoms with van der Waals surface area (Å²) in [6.45, 7) is 7.58. The molecule has 0 aromatic heterocycles. The van der Waals surface area contributed by atoms with Crippen LogP contribution in [0.1, 0.15) is 59.3 Å². The highest BCUT2D eigenvalue weighted by atomic mass is 14.7. The molecule has 0 aromatic carbocycles. The van der Waals surface area contributed by atoms with E-state index in [4.69, 9.17) is 0 Å². The molecule has 0 nitrogen and oxygen atoms in total. The van der Waals surface area contributed by atoms with Gasteiger partial charge in [0.2, 0.25) is 0 Å². The maximum absolute atomic E-state index is 2.65. The van der Waals surface area contributed by atoms with Crippen molar-refractivity contribution in [2.24, 2.45) is 46.8 Å². The lowest BCUT2D eigenvalue weighted by Crippen LogP contribution is -2.41. The molecule has 4 aliphatic carbocycles. The van der Waals surface area contributed by atoms with Crippen molar-refractivity contribution in [1.29, 1.82) is 0 Å². The first-order chi connectivity index (χ1) is 8.15. The standard InChI is InChI=1S/C17H28/c1-4-10(2)17(3)9-13-8-14(17)16-12-6-5-11(7-12)15(13)16/h10-16H,4-9H2,1-3H3/t10?,11?,12?,13?,14?,15?,16?,17-/m1/s1. The summed E-state index contributed by atoms with van der Waals surface area (Å²) in [4.78, 5) is 0. The smallest absolute Gasteiger partial charge is 0.0266 e. The molecule has 4 aliphatic rings. The molecule has 4 fully saturated rings. The van der Waals surface area contributed by atoms with Crippen LogP contribution < -0.4 is 0 Å². The first-order valence-electron chi connectivity index (χ1n) is 8.15. The van der Waals surface area contributed by atoms with Crippen LogP contribution in [0.2, 0.25) is 0 Å². The van der Waals surface area contributed by atoms with Crippen LogP contribution in [0.25, 0.3) is 0 Å². The molecule has 0 aromatic rings. The van der Waals surface area contributed by atoms with Crippen molar-refractivity contribution in [3.8, 4) is 0 Å². The van der Waals surface area contributed by atoms with Crippen molar-refractivity contribution >= 4 is 0 Å². The molecular formula is C17H28. The normalized spacial score (nSPS) is 60.9. The predicted octanol–water partition coefficient (Wildman–Crippen LogP) is 4.74. The monoisotopic (exact) mass is 232 g/mol. The van der Waals surface area contributed by atoms with Crippen LogP contribution in [-0.2, 0) is 0 Å². The van der Waals surface area contributed by atoms with Gasteiger partial charge in [0.15, 0.2) is 0 Å². The maximum Gasteiger partial charge on any atom is -0.0266 e. The van der Waals surface area contributed by atoms with Crippen molar-refractivity contribution < 1.29 is 0 Å². The molecule has 96 valence electrons.